The maximum absolute atomic E-state index is 11.9. The van der Waals surface area contributed by atoms with Crippen LogP contribution < -0.4 is 5.32 Å². The van der Waals surface area contributed by atoms with Crippen LogP contribution in [0.25, 0.3) is 0 Å². The summed E-state index contributed by atoms with van der Waals surface area (Å²) >= 11 is 0. The maximum Gasteiger partial charge on any atom is 0.246 e. The Balaban J connectivity index is 1.75. The maximum atomic E-state index is 11.9. The van der Waals surface area contributed by atoms with Gasteiger partial charge in [0.25, 0.3) is 0 Å². The van der Waals surface area contributed by atoms with Gasteiger partial charge in [-0.1, -0.05) is 5.16 Å². The van der Waals surface area contributed by atoms with Crippen molar-refractivity contribution in [3.63, 3.8) is 0 Å². The second kappa shape index (κ2) is 7.51. The lowest BCUT2D eigenvalue weighted by Gasteiger charge is -2.15. The first-order valence-corrected chi connectivity index (χ1v) is 7.49. The average molecular weight is 296 g/mol. The summed E-state index contributed by atoms with van der Waals surface area (Å²) in [6.45, 7) is 5.97. The average Bonchev–Trinajstić information content (AvgIpc) is 3.16. The summed E-state index contributed by atoms with van der Waals surface area (Å²) in [4.78, 5) is 17.8. The van der Waals surface area contributed by atoms with Crippen molar-refractivity contribution in [2.75, 3.05) is 26.7 Å². The third-order valence-electron chi connectivity index (χ3n) is 3.47. The van der Waals surface area contributed by atoms with Crippen molar-refractivity contribution in [2.45, 2.75) is 39.3 Å². The van der Waals surface area contributed by atoms with E-state index in [0.29, 0.717) is 31.4 Å². The summed E-state index contributed by atoms with van der Waals surface area (Å²) in [5, 5.41) is 7.05. The van der Waals surface area contributed by atoms with E-state index in [4.69, 9.17) is 9.26 Å². The summed E-state index contributed by atoms with van der Waals surface area (Å²) in [6.07, 6.45) is 2.35. The summed E-state index contributed by atoms with van der Waals surface area (Å²) in [7, 11) is 1.73. The molecule has 1 saturated carbocycles. The van der Waals surface area contributed by atoms with Gasteiger partial charge in [-0.25, -0.2) is 0 Å². The standard InChI is InChI=1S/C14H24N4O3/c1-4-20-10(2)14-16-12(21-17-14)9-18(3)13(19)8-15-7-11-5-6-11/h10-11,15H,4-9H2,1-3H3. The van der Waals surface area contributed by atoms with Crippen molar-refractivity contribution in [1.82, 2.24) is 20.4 Å². The first-order valence-electron chi connectivity index (χ1n) is 7.49. The lowest BCUT2D eigenvalue weighted by molar-refractivity contribution is -0.129. The molecule has 1 aliphatic rings. The van der Waals surface area contributed by atoms with Crippen LogP contribution in [0, 0.1) is 5.92 Å². The Hall–Kier alpha value is -1.47. The molecule has 0 saturated heterocycles. The van der Waals surface area contributed by atoms with Gasteiger partial charge in [0.05, 0.1) is 13.1 Å². The molecule has 0 radical (unpaired) electrons. The molecular weight excluding hydrogens is 272 g/mol. The first-order chi connectivity index (χ1) is 10.1. The van der Waals surface area contributed by atoms with Gasteiger partial charge in [-0.05, 0) is 39.2 Å². The summed E-state index contributed by atoms with van der Waals surface area (Å²) < 4.78 is 10.5. The largest absolute Gasteiger partial charge is 0.371 e. The van der Waals surface area contributed by atoms with Gasteiger partial charge in [0.2, 0.25) is 11.8 Å². The Morgan fingerprint density at radius 2 is 2.33 bits per heavy atom. The minimum absolute atomic E-state index is 0.0215. The predicted molar refractivity (Wildman–Crippen MR) is 76.4 cm³/mol. The van der Waals surface area contributed by atoms with Crippen LogP contribution in [-0.2, 0) is 16.1 Å². The van der Waals surface area contributed by atoms with Gasteiger partial charge in [-0.3, -0.25) is 4.79 Å². The van der Waals surface area contributed by atoms with E-state index in [-0.39, 0.29) is 12.0 Å². The Bertz CT molecular complexity index is 459. The third kappa shape index (κ3) is 5.09. The van der Waals surface area contributed by atoms with E-state index in [9.17, 15) is 4.79 Å². The van der Waals surface area contributed by atoms with Crippen molar-refractivity contribution >= 4 is 5.91 Å². The number of rotatable bonds is 9. The number of nitrogens with zero attached hydrogens (tertiary/aromatic N) is 3. The molecule has 7 nitrogen and oxygen atoms in total. The van der Waals surface area contributed by atoms with Crippen LogP contribution in [0.15, 0.2) is 4.52 Å². The monoisotopic (exact) mass is 296 g/mol. The third-order valence-corrected chi connectivity index (χ3v) is 3.47. The summed E-state index contributed by atoms with van der Waals surface area (Å²) in [5.74, 6) is 1.73. The van der Waals surface area contributed by atoms with E-state index in [0.717, 1.165) is 12.5 Å². The van der Waals surface area contributed by atoms with Crippen LogP contribution in [0.4, 0.5) is 0 Å². The minimum atomic E-state index is -0.200. The van der Waals surface area contributed by atoms with E-state index < -0.39 is 0 Å². The number of likely N-dealkylation sites (N-methyl/N-ethyl adjacent to an activating group) is 1. The first kappa shape index (κ1) is 15.9. The van der Waals surface area contributed by atoms with Gasteiger partial charge in [0, 0.05) is 13.7 Å². The number of aromatic nitrogens is 2. The molecule has 0 aromatic carbocycles. The second-order valence-electron chi connectivity index (χ2n) is 5.47. The zero-order valence-corrected chi connectivity index (χ0v) is 13.0. The molecule has 1 aromatic heterocycles. The fourth-order valence-corrected chi connectivity index (χ4v) is 1.95. The number of hydrogen-bond donors (Lipinski definition) is 1. The molecule has 118 valence electrons. The molecule has 1 unspecified atom stereocenters. The van der Waals surface area contributed by atoms with E-state index >= 15 is 0 Å². The van der Waals surface area contributed by atoms with Gasteiger partial charge < -0.3 is 19.5 Å². The quantitative estimate of drug-likeness (QED) is 0.735. The van der Waals surface area contributed by atoms with Crippen molar-refractivity contribution in [3.8, 4) is 0 Å². The van der Waals surface area contributed by atoms with Gasteiger partial charge in [0.1, 0.15) is 6.10 Å². The fraction of sp³-hybridized carbons (Fsp3) is 0.786. The molecule has 21 heavy (non-hydrogen) atoms. The van der Waals surface area contributed by atoms with Gasteiger partial charge in [0.15, 0.2) is 5.82 Å². The highest BCUT2D eigenvalue weighted by atomic mass is 16.5. The second-order valence-corrected chi connectivity index (χ2v) is 5.47. The van der Waals surface area contributed by atoms with Crippen LogP contribution in [0.5, 0.6) is 0 Å². The molecule has 1 amide bonds. The topological polar surface area (TPSA) is 80.5 Å². The van der Waals surface area contributed by atoms with Crippen LogP contribution in [0.2, 0.25) is 0 Å². The lowest BCUT2D eigenvalue weighted by Crippen LogP contribution is -2.36. The molecule has 1 fully saturated rings. The molecule has 1 atom stereocenters. The Morgan fingerprint density at radius 3 is 3.00 bits per heavy atom. The molecule has 1 aromatic rings. The molecule has 1 N–H and O–H groups in total. The lowest BCUT2D eigenvalue weighted by atomic mass is 10.4. The number of ether oxygens (including phenoxy) is 1. The van der Waals surface area contributed by atoms with Crippen molar-refractivity contribution in [2.24, 2.45) is 5.92 Å². The number of hydrogen-bond acceptors (Lipinski definition) is 6. The highest BCUT2D eigenvalue weighted by molar-refractivity contribution is 5.77. The van der Waals surface area contributed by atoms with Crippen LogP contribution >= 0.6 is 0 Å². The molecule has 0 spiro atoms. The number of amides is 1. The van der Waals surface area contributed by atoms with E-state index in [1.54, 1.807) is 11.9 Å². The Morgan fingerprint density at radius 1 is 1.57 bits per heavy atom. The number of carbonyl (C=O) groups is 1. The summed E-state index contributed by atoms with van der Waals surface area (Å²) in [6, 6.07) is 0. The van der Waals surface area contributed by atoms with Crippen LogP contribution in [0.1, 0.15) is 44.5 Å². The van der Waals surface area contributed by atoms with E-state index in [1.807, 2.05) is 13.8 Å². The van der Waals surface area contributed by atoms with Gasteiger partial charge in [-0.15, -0.1) is 0 Å². The Kier molecular flexibility index (Phi) is 5.69. The number of nitrogens with one attached hydrogen (secondary N) is 1. The Labute approximate surface area is 125 Å². The van der Waals surface area contributed by atoms with E-state index in [1.165, 1.54) is 12.8 Å². The van der Waals surface area contributed by atoms with Crippen LogP contribution in [0.3, 0.4) is 0 Å². The molecule has 0 bridgehead atoms. The highest BCUT2D eigenvalue weighted by Crippen LogP contribution is 2.27. The zero-order valence-electron chi connectivity index (χ0n) is 13.0. The molecular formula is C14H24N4O3. The SMILES string of the molecule is CCOC(C)c1noc(CN(C)C(=O)CNCC2CC2)n1. The van der Waals surface area contributed by atoms with Crippen molar-refractivity contribution < 1.29 is 14.1 Å². The number of carbonyl (C=O) groups excluding carboxylic acids is 1. The normalized spacial score (nSPS) is 16.0. The highest BCUT2D eigenvalue weighted by Gasteiger charge is 2.21. The van der Waals surface area contributed by atoms with Crippen LogP contribution in [-0.4, -0.2) is 47.7 Å². The van der Waals surface area contributed by atoms with Gasteiger partial charge in [-0.2, -0.15) is 4.98 Å². The molecule has 2 rings (SSSR count). The molecule has 7 heteroatoms. The molecule has 0 aliphatic heterocycles. The smallest absolute Gasteiger partial charge is 0.246 e. The van der Waals surface area contributed by atoms with Crippen molar-refractivity contribution in [3.05, 3.63) is 11.7 Å². The predicted octanol–water partition coefficient (Wildman–Crippen LogP) is 1.13. The van der Waals surface area contributed by atoms with Crippen molar-refractivity contribution in [1.29, 1.82) is 0 Å². The van der Waals surface area contributed by atoms with E-state index in [2.05, 4.69) is 15.5 Å². The molecule has 1 aliphatic carbocycles. The summed E-state index contributed by atoms with van der Waals surface area (Å²) in [5.41, 5.74) is 0. The zero-order chi connectivity index (χ0) is 15.2. The molecule has 1 heterocycles. The van der Waals surface area contributed by atoms with Gasteiger partial charge >= 0.3 is 0 Å². The fourth-order valence-electron chi connectivity index (χ4n) is 1.95. The minimum Gasteiger partial charge on any atom is -0.371 e.